The lowest BCUT2D eigenvalue weighted by molar-refractivity contribution is -0.122. The zero-order chi connectivity index (χ0) is 9.35. The highest BCUT2D eigenvalue weighted by Crippen LogP contribution is 2.40. The lowest BCUT2D eigenvalue weighted by Gasteiger charge is -2.26. The third kappa shape index (κ3) is 1.24. The average molecular weight is 187 g/mol. The van der Waals surface area contributed by atoms with Crippen molar-refractivity contribution in [2.24, 2.45) is 5.92 Å². The number of rotatable bonds is 2. The normalized spacial score (nSPS) is 29.7. The van der Waals surface area contributed by atoms with Gasteiger partial charge in [-0.15, -0.1) is 0 Å². The Kier molecular flexibility index (Phi) is 2.46. The molecule has 0 saturated carbocycles. The zero-order valence-corrected chi connectivity index (χ0v) is 8.33. The van der Waals surface area contributed by atoms with Gasteiger partial charge in [0, 0.05) is 0 Å². The van der Waals surface area contributed by atoms with E-state index in [4.69, 9.17) is 0 Å². The van der Waals surface area contributed by atoms with Crippen molar-refractivity contribution in [2.75, 3.05) is 0 Å². The molecule has 0 spiro atoms. The maximum atomic E-state index is 11.4. The minimum absolute atomic E-state index is 0.130. The van der Waals surface area contributed by atoms with Crippen LogP contribution < -0.4 is 5.32 Å². The molecule has 0 aromatic heterocycles. The van der Waals surface area contributed by atoms with Crippen LogP contribution >= 0.6 is 11.8 Å². The highest BCUT2D eigenvalue weighted by atomic mass is 32.2. The van der Waals surface area contributed by atoms with E-state index < -0.39 is 4.75 Å². The maximum absolute atomic E-state index is 11.4. The summed E-state index contributed by atoms with van der Waals surface area (Å²) in [7, 11) is 0. The number of imide groups is 1. The van der Waals surface area contributed by atoms with Crippen molar-refractivity contribution in [3.05, 3.63) is 0 Å². The molecule has 12 heavy (non-hydrogen) atoms. The second kappa shape index (κ2) is 3.09. The van der Waals surface area contributed by atoms with Crippen LogP contribution in [0.2, 0.25) is 0 Å². The molecule has 1 aliphatic heterocycles. The summed E-state index contributed by atoms with van der Waals surface area (Å²) < 4.78 is -0.517. The molecule has 1 aliphatic rings. The topological polar surface area (TPSA) is 46.2 Å². The molecule has 1 N–H and O–H groups in total. The van der Waals surface area contributed by atoms with Gasteiger partial charge in [0.25, 0.3) is 5.24 Å². The first kappa shape index (κ1) is 9.58. The Morgan fingerprint density at radius 1 is 1.50 bits per heavy atom. The van der Waals surface area contributed by atoms with Gasteiger partial charge in [0.15, 0.2) is 0 Å². The number of hydrogen-bond acceptors (Lipinski definition) is 3. The molecule has 0 aromatic carbocycles. The van der Waals surface area contributed by atoms with Crippen LogP contribution in [0.4, 0.5) is 4.79 Å². The molecule has 68 valence electrons. The first-order valence-electron chi connectivity index (χ1n) is 4.07. The van der Waals surface area contributed by atoms with Crippen molar-refractivity contribution < 1.29 is 9.59 Å². The fourth-order valence-electron chi connectivity index (χ4n) is 1.46. The van der Waals surface area contributed by atoms with Gasteiger partial charge < -0.3 is 0 Å². The first-order chi connectivity index (χ1) is 5.53. The summed E-state index contributed by atoms with van der Waals surface area (Å²) in [6, 6.07) is 0. The molecule has 2 amide bonds. The molecule has 1 rings (SSSR count). The quantitative estimate of drug-likeness (QED) is 0.716. The Balaban J connectivity index is 2.94. The van der Waals surface area contributed by atoms with Crippen molar-refractivity contribution in [1.29, 1.82) is 0 Å². The largest absolute Gasteiger partial charge is 0.286 e. The summed E-state index contributed by atoms with van der Waals surface area (Å²) in [5, 5.41) is 2.11. The summed E-state index contributed by atoms with van der Waals surface area (Å²) in [6.07, 6.45) is 0.701. The van der Waals surface area contributed by atoms with Gasteiger partial charge in [0.2, 0.25) is 5.91 Å². The Bertz CT molecular complexity index is 227. The summed E-state index contributed by atoms with van der Waals surface area (Å²) in [6.45, 7) is 5.87. The third-order valence-electron chi connectivity index (χ3n) is 2.33. The number of thioether (sulfide) groups is 1. The molecule has 0 radical (unpaired) electrons. The fourth-order valence-corrected chi connectivity index (χ4v) is 2.46. The molecule has 1 heterocycles. The molecule has 1 saturated heterocycles. The van der Waals surface area contributed by atoms with Crippen molar-refractivity contribution in [3.8, 4) is 0 Å². The van der Waals surface area contributed by atoms with E-state index in [0.717, 1.165) is 11.8 Å². The highest BCUT2D eigenvalue weighted by Gasteiger charge is 2.48. The van der Waals surface area contributed by atoms with Crippen LogP contribution in [-0.2, 0) is 4.79 Å². The lowest BCUT2D eigenvalue weighted by atomic mass is 9.91. The number of hydrogen-bond donors (Lipinski definition) is 1. The van der Waals surface area contributed by atoms with Crippen LogP contribution in [0.5, 0.6) is 0 Å². The first-order valence-corrected chi connectivity index (χ1v) is 4.89. The van der Waals surface area contributed by atoms with Crippen LogP contribution in [-0.4, -0.2) is 15.9 Å². The molecule has 0 bridgehead atoms. The van der Waals surface area contributed by atoms with E-state index in [-0.39, 0.29) is 17.1 Å². The maximum Gasteiger partial charge on any atom is 0.286 e. The molecule has 1 unspecified atom stereocenters. The minimum atomic E-state index is -0.517. The Labute approximate surface area is 76.3 Å². The van der Waals surface area contributed by atoms with Crippen LogP contribution in [0.15, 0.2) is 0 Å². The monoisotopic (exact) mass is 187 g/mol. The van der Waals surface area contributed by atoms with Crippen LogP contribution in [0.1, 0.15) is 27.2 Å². The molecule has 0 aromatic rings. The molecular weight excluding hydrogens is 174 g/mol. The van der Waals surface area contributed by atoms with Gasteiger partial charge in [0.1, 0.15) is 4.75 Å². The number of amides is 2. The molecular formula is C8H13NO2S. The predicted molar refractivity (Wildman–Crippen MR) is 49.0 cm³/mol. The summed E-state index contributed by atoms with van der Waals surface area (Å²) in [5.41, 5.74) is 0. The van der Waals surface area contributed by atoms with Gasteiger partial charge in [-0.2, -0.15) is 0 Å². The molecule has 1 atom stereocenters. The van der Waals surface area contributed by atoms with E-state index in [1.54, 1.807) is 0 Å². The second-order valence-electron chi connectivity index (χ2n) is 3.24. The van der Waals surface area contributed by atoms with Crippen molar-refractivity contribution in [1.82, 2.24) is 5.32 Å². The average Bonchev–Trinajstić information content (AvgIpc) is 2.26. The van der Waals surface area contributed by atoms with E-state index in [1.165, 1.54) is 0 Å². The molecule has 4 heteroatoms. The Morgan fingerprint density at radius 2 is 2.08 bits per heavy atom. The fraction of sp³-hybridized carbons (Fsp3) is 0.750. The Morgan fingerprint density at radius 3 is 2.25 bits per heavy atom. The second-order valence-corrected chi connectivity index (χ2v) is 4.54. The van der Waals surface area contributed by atoms with Gasteiger partial charge in [-0.05, 0) is 24.1 Å². The van der Waals surface area contributed by atoms with Gasteiger partial charge in [0.05, 0.1) is 0 Å². The smallest absolute Gasteiger partial charge is 0.286 e. The third-order valence-corrected chi connectivity index (χ3v) is 3.93. The van der Waals surface area contributed by atoms with E-state index in [1.807, 2.05) is 20.8 Å². The van der Waals surface area contributed by atoms with Crippen molar-refractivity contribution >= 4 is 22.9 Å². The standard InChI is InChI=1S/C8H13NO2S/c1-4-8(5(2)3)6(10)9-7(11)12-8/h5H,4H2,1-3H3,(H,9,10,11). The van der Waals surface area contributed by atoms with Crippen molar-refractivity contribution in [2.45, 2.75) is 31.9 Å². The van der Waals surface area contributed by atoms with E-state index in [0.29, 0.717) is 6.42 Å². The summed E-state index contributed by atoms with van der Waals surface area (Å²) in [4.78, 5) is 22.4. The molecule has 1 fully saturated rings. The van der Waals surface area contributed by atoms with Crippen molar-refractivity contribution in [3.63, 3.8) is 0 Å². The van der Waals surface area contributed by atoms with Gasteiger partial charge >= 0.3 is 0 Å². The summed E-state index contributed by atoms with van der Waals surface area (Å²) >= 11 is 1.13. The number of carbonyl (C=O) groups excluding carboxylic acids is 2. The SMILES string of the molecule is CCC1(C(C)C)SC(=O)NC1=O. The van der Waals surface area contributed by atoms with Crippen LogP contribution in [0.3, 0.4) is 0 Å². The van der Waals surface area contributed by atoms with Gasteiger partial charge in [-0.3, -0.25) is 14.9 Å². The predicted octanol–water partition coefficient (Wildman–Crippen LogP) is 1.77. The van der Waals surface area contributed by atoms with Gasteiger partial charge in [-0.1, -0.05) is 20.8 Å². The van der Waals surface area contributed by atoms with Crippen LogP contribution in [0, 0.1) is 5.92 Å². The Hall–Kier alpha value is -0.510. The highest BCUT2D eigenvalue weighted by molar-refractivity contribution is 8.16. The molecule has 3 nitrogen and oxygen atoms in total. The van der Waals surface area contributed by atoms with E-state index in [2.05, 4.69) is 5.32 Å². The summed E-state index contributed by atoms with van der Waals surface area (Å²) in [5.74, 6) is 0.0638. The molecule has 0 aliphatic carbocycles. The zero-order valence-electron chi connectivity index (χ0n) is 7.51. The lowest BCUT2D eigenvalue weighted by Crippen LogP contribution is -2.40. The van der Waals surface area contributed by atoms with Gasteiger partial charge in [-0.25, -0.2) is 0 Å². The number of nitrogens with one attached hydrogen (secondary N) is 1. The van der Waals surface area contributed by atoms with E-state index >= 15 is 0 Å². The van der Waals surface area contributed by atoms with E-state index in [9.17, 15) is 9.59 Å². The number of carbonyl (C=O) groups is 2. The minimum Gasteiger partial charge on any atom is -0.286 e. The van der Waals surface area contributed by atoms with Crippen LogP contribution in [0.25, 0.3) is 0 Å².